The number of aromatic nitrogens is 1. The molecule has 1 amide bonds. The molecular formula is C15H20N4O3S2. The van der Waals surface area contributed by atoms with Gasteiger partial charge in [-0.15, -0.1) is 0 Å². The Balaban J connectivity index is 1.71. The van der Waals surface area contributed by atoms with Gasteiger partial charge in [-0.3, -0.25) is 4.79 Å². The molecule has 2 saturated heterocycles. The molecule has 130 valence electrons. The average Bonchev–Trinajstić information content (AvgIpc) is 3.13. The van der Waals surface area contributed by atoms with Gasteiger partial charge in [0, 0.05) is 49.8 Å². The van der Waals surface area contributed by atoms with E-state index >= 15 is 0 Å². The first-order valence-electron chi connectivity index (χ1n) is 7.97. The van der Waals surface area contributed by atoms with Crippen molar-refractivity contribution in [1.29, 1.82) is 5.26 Å². The molecule has 2 aliphatic heterocycles. The second-order valence-electron chi connectivity index (χ2n) is 5.96. The number of nitrogens with zero attached hydrogens (tertiary/aromatic N) is 3. The lowest BCUT2D eigenvalue weighted by atomic mass is 9.98. The second kappa shape index (κ2) is 7.17. The number of nitrogens with one attached hydrogen (secondary N) is 1. The number of hydrogen-bond acceptors (Lipinski definition) is 5. The topological polar surface area (TPSA) is 97.3 Å². The second-order valence-corrected chi connectivity index (χ2v) is 9.12. The number of aromatic amines is 1. The van der Waals surface area contributed by atoms with Gasteiger partial charge in [-0.05, 0) is 18.9 Å². The quantitative estimate of drug-likeness (QED) is 0.862. The Morgan fingerprint density at radius 1 is 1.25 bits per heavy atom. The summed E-state index contributed by atoms with van der Waals surface area (Å²) in [7, 11) is -3.54. The molecule has 0 bridgehead atoms. The number of nitriles is 1. The zero-order valence-corrected chi connectivity index (χ0v) is 14.9. The van der Waals surface area contributed by atoms with Crippen molar-refractivity contribution in [2.24, 2.45) is 5.92 Å². The van der Waals surface area contributed by atoms with Crippen LogP contribution in [0.1, 0.15) is 23.3 Å². The molecule has 0 atom stereocenters. The summed E-state index contributed by atoms with van der Waals surface area (Å²) in [6, 6.07) is 3.66. The molecule has 24 heavy (non-hydrogen) atoms. The van der Waals surface area contributed by atoms with E-state index in [1.807, 2.05) is 0 Å². The summed E-state index contributed by atoms with van der Waals surface area (Å²) in [6.45, 7) is 2.06. The normalized spacial score (nSPS) is 20.7. The summed E-state index contributed by atoms with van der Waals surface area (Å²) < 4.78 is 26.7. The minimum atomic E-state index is -3.54. The van der Waals surface area contributed by atoms with Crippen LogP contribution in [0.5, 0.6) is 0 Å². The molecule has 0 radical (unpaired) electrons. The number of hydrogen-bond donors (Lipinski definition) is 1. The number of amides is 1. The summed E-state index contributed by atoms with van der Waals surface area (Å²) in [5.41, 5.74) is 0.287. The molecule has 1 aromatic rings. The van der Waals surface area contributed by atoms with Crippen LogP contribution < -0.4 is 0 Å². The number of rotatable bonds is 3. The van der Waals surface area contributed by atoms with E-state index in [0.29, 0.717) is 39.0 Å². The lowest BCUT2D eigenvalue weighted by Gasteiger charge is -2.28. The zero-order valence-electron chi connectivity index (χ0n) is 13.3. The van der Waals surface area contributed by atoms with Crippen LogP contribution in [0, 0.1) is 17.2 Å². The van der Waals surface area contributed by atoms with Crippen molar-refractivity contribution in [3.8, 4) is 6.07 Å². The number of thioether (sulfide) groups is 1. The van der Waals surface area contributed by atoms with E-state index in [1.165, 1.54) is 16.6 Å². The first kappa shape index (κ1) is 17.3. The molecular weight excluding hydrogens is 348 g/mol. The van der Waals surface area contributed by atoms with Crippen molar-refractivity contribution < 1.29 is 13.2 Å². The molecule has 0 aliphatic carbocycles. The fourth-order valence-electron chi connectivity index (χ4n) is 2.96. The van der Waals surface area contributed by atoms with Crippen molar-refractivity contribution in [2.45, 2.75) is 17.7 Å². The predicted octanol–water partition coefficient (Wildman–Crippen LogP) is 1.13. The van der Waals surface area contributed by atoms with Crippen LogP contribution in [0.4, 0.5) is 0 Å². The van der Waals surface area contributed by atoms with Gasteiger partial charge in [-0.2, -0.15) is 21.3 Å². The van der Waals surface area contributed by atoms with Crippen LogP contribution >= 0.6 is 11.8 Å². The Hall–Kier alpha value is -1.50. The van der Waals surface area contributed by atoms with Crippen LogP contribution in [-0.2, 0) is 10.0 Å². The molecule has 2 aliphatic rings. The SMILES string of the molecule is N#CC1CCN(C(=O)c2cc(S(=O)(=O)N3CCSCC3)c[nH]2)CC1. The van der Waals surface area contributed by atoms with Gasteiger partial charge in [0.2, 0.25) is 10.0 Å². The van der Waals surface area contributed by atoms with Crippen LogP contribution in [0.25, 0.3) is 0 Å². The minimum absolute atomic E-state index is 0.00519. The van der Waals surface area contributed by atoms with E-state index in [2.05, 4.69) is 11.1 Å². The highest BCUT2D eigenvalue weighted by Crippen LogP contribution is 2.22. The van der Waals surface area contributed by atoms with Gasteiger partial charge in [-0.25, -0.2) is 8.42 Å². The fraction of sp³-hybridized carbons (Fsp3) is 0.600. The van der Waals surface area contributed by atoms with E-state index in [-0.39, 0.29) is 22.4 Å². The van der Waals surface area contributed by atoms with Gasteiger partial charge in [0.15, 0.2) is 0 Å². The van der Waals surface area contributed by atoms with Gasteiger partial charge in [0.05, 0.1) is 6.07 Å². The average molecular weight is 368 g/mol. The molecule has 0 unspecified atom stereocenters. The molecule has 0 spiro atoms. The number of carbonyl (C=O) groups is 1. The highest BCUT2D eigenvalue weighted by atomic mass is 32.2. The zero-order chi connectivity index (χ0) is 17.2. The minimum Gasteiger partial charge on any atom is -0.356 e. The third-order valence-corrected chi connectivity index (χ3v) is 7.28. The maximum absolute atomic E-state index is 12.6. The van der Waals surface area contributed by atoms with Crippen molar-refractivity contribution >= 4 is 27.7 Å². The summed E-state index contributed by atoms with van der Waals surface area (Å²) in [6.07, 6.45) is 2.73. The number of H-pyrrole nitrogens is 1. The van der Waals surface area contributed by atoms with Gasteiger partial charge in [0.1, 0.15) is 10.6 Å². The van der Waals surface area contributed by atoms with Crippen molar-refractivity contribution in [2.75, 3.05) is 37.7 Å². The molecule has 1 N–H and O–H groups in total. The Kier molecular flexibility index (Phi) is 5.18. The summed E-state index contributed by atoms with van der Waals surface area (Å²) >= 11 is 1.74. The summed E-state index contributed by atoms with van der Waals surface area (Å²) in [4.78, 5) is 17.1. The number of sulfonamides is 1. The molecule has 2 fully saturated rings. The molecule has 9 heteroatoms. The van der Waals surface area contributed by atoms with Gasteiger partial charge in [0.25, 0.3) is 5.91 Å². The molecule has 7 nitrogen and oxygen atoms in total. The third-order valence-electron chi connectivity index (χ3n) is 4.46. The monoisotopic (exact) mass is 368 g/mol. The first-order chi connectivity index (χ1) is 11.5. The van der Waals surface area contributed by atoms with Crippen LogP contribution in [-0.4, -0.2) is 66.2 Å². The van der Waals surface area contributed by atoms with E-state index in [1.54, 1.807) is 16.7 Å². The van der Waals surface area contributed by atoms with Gasteiger partial charge >= 0.3 is 0 Å². The van der Waals surface area contributed by atoms with Crippen molar-refractivity contribution in [3.63, 3.8) is 0 Å². The smallest absolute Gasteiger partial charge is 0.270 e. The maximum Gasteiger partial charge on any atom is 0.270 e. The molecule has 3 heterocycles. The standard InChI is InChI=1S/C15H20N4O3S2/c16-10-12-1-3-18(4-2-12)15(20)14-9-13(11-17-14)24(21,22)19-5-7-23-8-6-19/h9,11-12,17H,1-8H2. The van der Waals surface area contributed by atoms with Crippen LogP contribution in [0.3, 0.4) is 0 Å². The summed E-state index contributed by atoms with van der Waals surface area (Å²) in [5, 5.41) is 8.92. The third kappa shape index (κ3) is 3.45. The van der Waals surface area contributed by atoms with E-state index < -0.39 is 10.0 Å². The summed E-state index contributed by atoms with van der Waals surface area (Å²) in [5.74, 6) is 1.39. The fourth-order valence-corrected chi connectivity index (χ4v) is 5.54. The lowest BCUT2D eigenvalue weighted by Crippen LogP contribution is -2.38. The maximum atomic E-state index is 12.6. The molecule has 0 aromatic carbocycles. The highest BCUT2D eigenvalue weighted by molar-refractivity contribution is 7.99. The highest BCUT2D eigenvalue weighted by Gasteiger charge is 2.29. The van der Waals surface area contributed by atoms with E-state index in [9.17, 15) is 13.2 Å². The largest absolute Gasteiger partial charge is 0.356 e. The number of likely N-dealkylation sites (tertiary alicyclic amines) is 1. The molecule has 0 saturated carbocycles. The van der Waals surface area contributed by atoms with Crippen molar-refractivity contribution in [1.82, 2.24) is 14.2 Å². The van der Waals surface area contributed by atoms with E-state index in [0.717, 1.165) is 11.5 Å². The number of piperidine rings is 1. The van der Waals surface area contributed by atoms with Crippen LogP contribution in [0.2, 0.25) is 0 Å². The van der Waals surface area contributed by atoms with Gasteiger partial charge in [-0.1, -0.05) is 0 Å². The van der Waals surface area contributed by atoms with Crippen molar-refractivity contribution in [3.05, 3.63) is 18.0 Å². The first-order valence-corrected chi connectivity index (χ1v) is 10.6. The Bertz CT molecular complexity index is 739. The Morgan fingerprint density at radius 3 is 2.54 bits per heavy atom. The van der Waals surface area contributed by atoms with Gasteiger partial charge < -0.3 is 9.88 Å². The van der Waals surface area contributed by atoms with Crippen LogP contribution in [0.15, 0.2) is 17.2 Å². The van der Waals surface area contributed by atoms with E-state index in [4.69, 9.17) is 5.26 Å². The number of carbonyl (C=O) groups excluding carboxylic acids is 1. The Labute approximate surface area is 146 Å². The lowest BCUT2D eigenvalue weighted by molar-refractivity contribution is 0.0702. The Morgan fingerprint density at radius 2 is 1.92 bits per heavy atom. The molecule has 3 rings (SSSR count). The molecule has 1 aromatic heterocycles. The predicted molar refractivity (Wildman–Crippen MR) is 91.1 cm³/mol.